The van der Waals surface area contributed by atoms with Crippen LogP contribution in [0.4, 0.5) is 4.79 Å². The van der Waals surface area contributed by atoms with Gasteiger partial charge < -0.3 is 16.0 Å². The molecular formula is C14H21N3O. The third-order valence-corrected chi connectivity index (χ3v) is 3.43. The molecule has 3 N–H and O–H groups in total. The van der Waals surface area contributed by atoms with Crippen LogP contribution in [0.25, 0.3) is 0 Å². The molecule has 4 heteroatoms. The highest BCUT2D eigenvalue weighted by molar-refractivity contribution is 5.74. The quantitative estimate of drug-likeness (QED) is 0.848. The molecule has 0 aromatic heterocycles. The van der Waals surface area contributed by atoms with Crippen LogP contribution in [0.5, 0.6) is 0 Å². The highest BCUT2D eigenvalue weighted by atomic mass is 16.2. The number of urea groups is 1. The highest BCUT2D eigenvalue weighted by Gasteiger charge is 2.25. The summed E-state index contributed by atoms with van der Waals surface area (Å²) in [6.07, 6.45) is 2.10. The lowest BCUT2D eigenvalue weighted by molar-refractivity contribution is 0.206. The van der Waals surface area contributed by atoms with E-state index in [1.807, 2.05) is 35.2 Å². The van der Waals surface area contributed by atoms with Gasteiger partial charge in [0.1, 0.15) is 0 Å². The summed E-state index contributed by atoms with van der Waals surface area (Å²) >= 11 is 0. The van der Waals surface area contributed by atoms with E-state index in [0.29, 0.717) is 19.0 Å². The van der Waals surface area contributed by atoms with Gasteiger partial charge in [-0.1, -0.05) is 30.3 Å². The van der Waals surface area contributed by atoms with Gasteiger partial charge in [-0.25, -0.2) is 4.79 Å². The molecule has 1 fully saturated rings. The summed E-state index contributed by atoms with van der Waals surface area (Å²) in [7, 11) is 0. The van der Waals surface area contributed by atoms with Gasteiger partial charge in [0.2, 0.25) is 0 Å². The van der Waals surface area contributed by atoms with Gasteiger partial charge in [-0.05, 0) is 30.9 Å². The number of benzene rings is 1. The van der Waals surface area contributed by atoms with Crippen molar-refractivity contribution in [1.82, 2.24) is 10.2 Å². The lowest BCUT2D eigenvalue weighted by Crippen LogP contribution is -2.38. The van der Waals surface area contributed by atoms with Crippen LogP contribution >= 0.6 is 0 Å². The monoisotopic (exact) mass is 247 g/mol. The van der Waals surface area contributed by atoms with Crippen molar-refractivity contribution < 1.29 is 4.79 Å². The molecule has 1 saturated heterocycles. The van der Waals surface area contributed by atoms with Crippen LogP contribution in [0.3, 0.4) is 0 Å². The number of hydrogen-bond donors (Lipinski definition) is 2. The second kappa shape index (κ2) is 6.40. The van der Waals surface area contributed by atoms with Gasteiger partial charge in [0.25, 0.3) is 0 Å². The molecule has 1 unspecified atom stereocenters. The first-order valence-electron chi connectivity index (χ1n) is 6.56. The van der Waals surface area contributed by atoms with E-state index >= 15 is 0 Å². The summed E-state index contributed by atoms with van der Waals surface area (Å²) in [6, 6.07) is 10.0. The van der Waals surface area contributed by atoms with Gasteiger partial charge >= 0.3 is 6.03 Å². The summed E-state index contributed by atoms with van der Waals surface area (Å²) < 4.78 is 0. The van der Waals surface area contributed by atoms with Gasteiger partial charge in [-0.2, -0.15) is 0 Å². The Morgan fingerprint density at radius 1 is 1.39 bits per heavy atom. The second-order valence-electron chi connectivity index (χ2n) is 4.82. The van der Waals surface area contributed by atoms with E-state index in [2.05, 4.69) is 5.32 Å². The predicted octanol–water partition coefficient (Wildman–Crippen LogP) is 1.57. The molecule has 1 atom stereocenters. The maximum absolute atomic E-state index is 12.0. The molecule has 2 rings (SSSR count). The Kier molecular flexibility index (Phi) is 4.59. The molecule has 1 aliphatic rings. The van der Waals surface area contributed by atoms with Gasteiger partial charge in [0.15, 0.2) is 0 Å². The van der Waals surface area contributed by atoms with Gasteiger partial charge in [-0.3, -0.25) is 0 Å². The Morgan fingerprint density at radius 2 is 2.17 bits per heavy atom. The number of carbonyl (C=O) groups excluding carboxylic acids is 1. The Morgan fingerprint density at radius 3 is 2.89 bits per heavy atom. The SMILES string of the molecule is NCCC1CCN(C(=O)NCc2ccccc2)C1. The largest absolute Gasteiger partial charge is 0.334 e. The van der Waals surface area contributed by atoms with Crippen molar-refractivity contribution in [2.24, 2.45) is 11.7 Å². The topological polar surface area (TPSA) is 58.4 Å². The summed E-state index contributed by atoms with van der Waals surface area (Å²) in [4.78, 5) is 13.8. The van der Waals surface area contributed by atoms with Crippen LogP contribution in [0.1, 0.15) is 18.4 Å². The number of hydrogen-bond acceptors (Lipinski definition) is 2. The Hall–Kier alpha value is -1.55. The standard InChI is InChI=1S/C14H21N3O/c15-8-6-13-7-9-17(11-13)14(18)16-10-12-4-2-1-3-5-12/h1-5,13H,6-11,15H2,(H,16,18). The van der Waals surface area contributed by atoms with E-state index in [4.69, 9.17) is 5.73 Å². The molecule has 0 saturated carbocycles. The molecule has 1 heterocycles. The first-order chi connectivity index (χ1) is 8.79. The van der Waals surface area contributed by atoms with Gasteiger partial charge in [0.05, 0.1) is 0 Å². The summed E-state index contributed by atoms with van der Waals surface area (Å²) in [5.74, 6) is 0.581. The number of amides is 2. The van der Waals surface area contributed by atoms with Crippen molar-refractivity contribution in [3.63, 3.8) is 0 Å². The maximum Gasteiger partial charge on any atom is 0.317 e. The number of nitrogens with zero attached hydrogens (tertiary/aromatic N) is 1. The van der Waals surface area contributed by atoms with Crippen molar-refractivity contribution in [3.05, 3.63) is 35.9 Å². The number of rotatable bonds is 4. The third kappa shape index (κ3) is 3.47. The van der Waals surface area contributed by atoms with E-state index in [0.717, 1.165) is 31.5 Å². The number of nitrogens with two attached hydrogens (primary N) is 1. The minimum atomic E-state index is 0.0402. The summed E-state index contributed by atoms with van der Waals surface area (Å²) in [5, 5.41) is 2.96. The normalized spacial score (nSPS) is 18.9. The summed E-state index contributed by atoms with van der Waals surface area (Å²) in [5.41, 5.74) is 6.67. The van der Waals surface area contributed by atoms with Crippen molar-refractivity contribution in [2.75, 3.05) is 19.6 Å². The minimum absolute atomic E-state index is 0.0402. The molecule has 1 aromatic rings. The Bertz CT molecular complexity index is 380. The second-order valence-corrected chi connectivity index (χ2v) is 4.82. The number of carbonyl (C=O) groups is 1. The molecule has 98 valence electrons. The zero-order chi connectivity index (χ0) is 12.8. The van der Waals surface area contributed by atoms with Crippen LogP contribution in [0, 0.1) is 5.92 Å². The Balaban J connectivity index is 1.76. The van der Waals surface area contributed by atoms with E-state index in [-0.39, 0.29) is 6.03 Å². The molecule has 0 spiro atoms. The fourth-order valence-electron chi connectivity index (χ4n) is 2.37. The van der Waals surface area contributed by atoms with Crippen LogP contribution in [-0.2, 0) is 6.54 Å². The number of likely N-dealkylation sites (tertiary alicyclic amines) is 1. The zero-order valence-corrected chi connectivity index (χ0v) is 10.6. The van der Waals surface area contributed by atoms with Gasteiger partial charge in [-0.15, -0.1) is 0 Å². The van der Waals surface area contributed by atoms with E-state index in [9.17, 15) is 4.79 Å². The lowest BCUT2D eigenvalue weighted by atomic mass is 10.1. The molecular weight excluding hydrogens is 226 g/mol. The fourth-order valence-corrected chi connectivity index (χ4v) is 2.37. The van der Waals surface area contributed by atoms with Crippen molar-refractivity contribution in [3.8, 4) is 0 Å². The average molecular weight is 247 g/mol. The van der Waals surface area contributed by atoms with Gasteiger partial charge in [0, 0.05) is 19.6 Å². The Labute approximate surface area is 108 Å². The van der Waals surface area contributed by atoms with Crippen molar-refractivity contribution in [1.29, 1.82) is 0 Å². The fraction of sp³-hybridized carbons (Fsp3) is 0.500. The highest BCUT2D eigenvalue weighted by Crippen LogP contribution is 2.18. The molecule has 0 bridgehead atoms. The van der Waals surface area contributed by atoms with Crippen LogP contribution in [0.2, 0.25) is 0 Å². The van der Waals surface area contributed by atoms with Crippen molar-refractivity contribution >= 4 is 6.03 Å². The summed E-state index contributed by atoms with van der Waals surface area (Å²) in [6.45, 7) is 3.00. The predicted molar refractivity (Wildman–Crippen MR) is 72.0 cm³/mol. The molecule has 18 heavy (non-hydrogen) atoms. The average Bonchev–Trinajstić information content (AvgIpc) is 2.86. The molecule has 2 amide bonds. The smallest absolute Gasteiger partial charge is 0.317 e. The molecule has 4 nitrogen and oxygen atoms in total. The molecule has 1 aromatic carbocycles. The molecule has 0 radical (unpaired) electrons. The van der Waals surface area contributed by atoms with Crippen molar-refractivity contribution in [2.45, 2.75) is 19.4 Å². The first-order valence-corrected chi connectivity index (χ1v) is 6.56. The lowest BCUT2D eigenvalue weighted by Gasteiger charge is -2.17. The molecule has 1 aliphatic heterocycles. The third-order valence-electron chi connectivity index (χ3n) is 3.43. The maximum atomic E-state index is 12.0. The van der Waals surface area contributed by atoms with Crippen LogP contribution in [-0.4, -0.2) is 30.6 Å². The van der Waals surface area contributed by atoms with Crippen LogP contribution in [0.15, 0.2) is 30.3 Å². The minimum Gasteiger partial charge on any atom is -0.334 e. The van der Waals surface area contributed by atoms with Crippen LogP contribution < -0.4 is 11.1 Å². The number of nitrogens with one attached hydrogen (secondary N) is 1. The molecule has 0 aliphatic carbocycles. The first kappa shape index (κ1) is 12.9. The van der Waals surface area contributed by atoms with E-state index in [1.54, 1.807) is 0 Å². The van der Waals surface area contributed by atoms with E-state index in [1.165, 1.54) is 0 Å². The van der Waals surface area contributed by atoms with E-state index < -0.39 is 0 Å². The zero-order valence-electron chi connectivity index (χ0n) is 10.6.